The first-order valence-corrected chi connectivity index (χ1v) is 12.1. The Morgan fingerprint density at radius 2 is 2.00 bits per heavy atom. The van der Waals surface area contributed by atoms with Crippen molar-refractivity contribution in [2.24, 2.45) is 9.98 Å². The number of piperidine rings is 1. The predicted octanol–water partition coefficient (Wildman–Crippen LogP) is 4.19. The van der Waals surface area contributed by atoms with Crippen LogP contribution in [0.1, 0.15) is 30.7 Å². The number of nitrogens with one attached hydrogen (secondary N) is 1. The van der Waals surface area contributed by atoms with Crippen LogP contribution < -0.4 is 5.32 Å². The van der Waals surface area contributed by atoms with Crippen molar-refractivity contribution in [1.82, 2.24) is 10.2 Å². The second-order valence-corrected chi connectivity index (χ2v) is 9.09. The van der Waals surface area contributed by atoms with Crippen molar-refractivity contribution >= 4 is 45.1 Å². The molecule has 1 fully saturated rings. The number of benzene rings is 1. The van der Waals surface area contributed by atoms with E-state index in [1.54, 1.807) is 0 Å². The van der Waals surface area contributed by atoms with Gasteiger partial charge in [0.05, 0.1) is 23.0 Å². The average molecular weight is 508 g/mol. The number of rotatable bonds is 4. The summed E-state index contributed by atoms with van der Waals surface area (Å²) in [7, 11) is 0. The maximum Gasteiger partial charge on any atom is 0.233 e. The van der Waals surface area contributed by atoms with E-state index < -0.39 is 0 Å². The smallest absolute Gasteiger partial charge is 0.233 e. The zero-order valence-corrected chi connectivity index (χ0v) is 19.4. The maximum absolute atomic E-state index is 13.3. The van der Waals surface area contributed by atoms with Crippen LogP contribution in [-0.4, -0.2) is 58.9 Å². The maximum atomic E-state index is 13.3. The van der Waals surface area contributed by atoms with Gasteiger partial charge < -0.3 is 10.2 Å². The zero-order chi connectivity index (χ0) is 21.8. The summed E-state index contributed by atoms with van der Waals surface area (Å²) in [5, 5.41) is 3.54. The molecule has 1 aliphatic carbocycles. The molecule has 0 aromatic heterocycles. The van der Waals surface area contributed by atoms with Gasteiger partial charge in [0, 0.05) is 25.0 Å². The monoisotopic (exact) mass is 506 g/mol. The fraction of sp³-hybridized carbons (Fsp3) is 0.435. The number of alkyl halides is 2. The van der Waals surface area contributed by atoms with Gasteiger partial charge in [-0.1, -0.05) is 46.3 Å². The van der Waals surface area contributed by atoms with E-state index in [2.05, 4.69) is 38.4 Å². The number of likely N-dealkylation sites (tertiary alicyclic amines) is 1. The average Bonchev–Trinajstić information content (AvgIpc) is 2.81. The van der Waals surface area contributed by atoms with Crippen LogP contribution in [0, 0.1) is 5.82 Å². The van der Waals surface area contributed by atoms with Crippen LogP contribution >= 0.6 is 27.5 Å². The molecule has 1 aromatic rings. The number of carbonyl (C=O) groups is 1. The van der Waals surface area contributed by atoms with Crippen LogP contribution in [-0.2, 0) is 4.79 Å². The molecule has 2 atom stereocenters. The summed E-state index contributed by atoms with van der Waals surface area (Å²) in [6.45, 7) is 1.95. The first-order chi connectivity index (χ1) is 15.0. The number of halogens is 3. The minimum Gasteiger partial charge on any atom is -0.352 e. The lowest BCUT2D eigenvalue weighted by atomic mass is 9.85. The molecule has 0 spiro atoms. The van der Waals surface area contributed by atoms with Crippen molar-refractivity contribution in [2.75, 3.05) is 25.0 Å². The van der Waals surface area contributed by atoms with Crippen molar-refractivity contribution in [3.63, 3.8) is 0 Å². The normalized spacial score (nSPS) is 24.4. The lowest BCUT2D eigenvalue weighted by molar-refractivity contribution is -0.129. The number of guanidine groups is 1. The molecule has 2 heterocycles. The summed E-state index contributed by atoms with van der Waals surface area (Å²) in [5.74, 6) is 0.683. The molecule has 3 aliphatic rings. The van der Waals surface area contributed by atoms with Crippen LogP contribution in [0.3, 0.4) is 0 Å². The van der Waals surface area contributed by atoms with Gasteiger partial charge in [-0.05, 0) is 42.5 Å². The van der Waals surface area contributed by atoms with Crippen molar-refractivity contribution in [2.45, 2.75) is 36.6 Å². The van der Waals surface area contributed by atoms with E-state index in [1.165, 1.54) is 12.1 Å². The molecule has 164 valence electrons. The van der Waals surface area contributed by atoms with Gasteiger partial charge in [-0.2, -0.15) is 0 Å². The first kappa shape index (κ1) is 22.2. The molecule has 4 rings (SSSR count). The van der Waals surface area contributed by atoms with Crippen molar-refractivity contribution in [1.29, 1.82) is 0 Å². The van der Waals surface area contributed by atoms with Gasteiger partial charge in [-0.15, -0.1) is 11.6 Å². The molecule has 2 aliphatic heterocycles. The fourth-order valence-electron chi connectivity index (χ4n) is 4.17. The van der Waals surface area contributed by atoms with Crippen LogP contribution in [0.25, 0.3) is 0 Å². The van der Waals surface area contributed by atoms with E-state index in [1.807, 2.05) is 23.1 Å². The molecule has 0 saturated carbocycles. The largest absolute Gasteiger partial charge is 0.352 e. The second-order valence-electron chi connectivity index (χ2n) is 8.00. The van der Waals surface area contributed by atoms with Gasteiger partial charge in [0.1, 0.15) is 5.82 Å². The van der Waals surface area contributed by atoms with Crippen LogP contribution in [0.5, 0.6) is 0 Å². The molecule has 31 heavy (non-hydrogen) atoms. The Labute approximate surface area is 195 Å². The molecular weight excluding hydrogens is 483 g/mol. The van der Waals surface area contributed by atoms with Crippen molar-refractivity contribution < 1.29 is 9.18 Å². The molecule has 8 heteroatoms. The molecule has 5 nitrogen and oxygen atoms in total. The molecule has 1 amide bonds. The van der Waals surface area contributed by atoms with E-state index in [0.29, 0.717) is 17.8 Å². The standard InChI is InChI=1S/C23H25BrClFN4O/c24-13-21(31)30-10-8-19(9-11-30)28-23-27-14-20(25)22(29-23)17-3-1-2-16(12-17)15-4-6-18(26)7-5-15/h1-7,16,19-20H,8-14H2,(H,27,28). The van der Waals surface area contributed by atoms with Crippen LogP contribution in [0.2, 0.25) is 0 Å². The van der Waals surface area contributed by atoms with Crippen molar-refractivity contribution in [3.8, 4) is 0 Å². The van der Waals surface area contributed by atoms with Gasteiger partial charge in [0.2, 0.25) is 11.9 Å². The first-order valence-electron chi connectivity index (χ1n) is 10.5. The lowest BCUT2D eigenvalue weighted by Crippen LogP contribution is -2.47. The highest BCUT2D eigenvalue weighted by Gasteiger charge is 2.27. The third kappa shape index (κ3) is 5.44. The summed E-state index contributed by atoms with van der Waals surface area (Å²) < 4.78 is 13.3. The number of nitrogens with zero attached hydrogens (tertiary/aromatic N) is 3. The minimum absolute atomic E-state index is 0.131. The lowest BCUT2D eigenvalue weighted by Gasteiger charge is -2.33. The number of hydrogen-bond acceptors (Lipinski definition) is 4. The van der Waals surface area contributed by atoms with E-state index in [0.717, 1.165) is 49.2 Å². The third-order valence-corrected chi connectivity index (χ3v) is 6.75. The van der Waals surface area contributed by atoms with Gasteiger partial charge in [0.25, 0.3) is 0 Å². The highest BCUT2D eigenvalue weighted by atomic mass is 79.9. The molecule has 0 radical (unpaired) electrons. The topological polar surface area (TPSA) is 57.1 Å². The second kappa shape index (κ2) is 10.1. The van der Waals surface area contributed by atoms with E-state index >= 15 is 0 Å². The Morgan fingerprint density at radius 3 is 2.71 bits per heavy atom. The Kier molecular flexibility index (Phi) is 7.23. The summed E-state index contributed by atoms with van der Waals surface area (Å²) in [6.07, 6.45) is 8.70. The van der Waals surface area contributed by atoms with Crippen LogP contribution in [0.15, 0.2) is 58.1 Å². The Bertz CT molecular complexity index is 935. The summed E-state index contributed by atoms with van der Waals surface area (Å²) in [5.41, 5.74) is 3.01. The number of carbonyl (C=O) groups excluding carboxylic acids is 1. The Hall–Kier alpha value is -1.99. The third-order valence-electron chi connectivity index (χ3n) is 5.93. The molecule has 1 saturated heterocycles. The number of amides is 1. The molecule has 1 aromatic carbocycles. The molecular formula is C23H25BrClFN4O. The summed E-state index contributed by atoms with van der Waals surface area (Å²) in [4.78, 5) is 23.0. The number of hydrogen-bond donors (Lipinski definition) is 1. The molecule has 0 bridgehead atoms. The minimum atomic E-state index is -0.268. The Balaban J connectivity index is 1.41. The van der Waals surface area contributed by atoms with Gasteiger partial charge in [-0.25, -0.2) is 14.4 Å². The summed E-state index contributed by atoms with van der Waals surface area (Å²) in [6, 6.07) is 6.89. The quantitative estimate of drug-likeness (QED) is 0.622. The predicted molar refractivity (Wildman–Crippen MR) is 127 cm³/mol. The summed E-state index contributed by atoms with van der Waals surface area (Å²) >= 11 is 9.81. The number of aliphatic imine (C=N–C) groups is 2. The SMILES string of the molecule is O=C(CBr)N1CCC(NC2=NCC(Cl)C(C3=CC=CC(c4ccc(F)cc4)C3)=N2)CC1. The van der Waals surface area contributed by atoms with Crippen molar-refractivity contribution in [3.05, 3.63) is 59.4 Å². The zero-order valence-electron chi connectivity index (χ0n) is 17.1. The van der Waals surface area contributed by atoms with Gasteiger partial charge in [-0.3, -0.25) is 4.79 Å². The van der Waals surface area contributed by atoms with E-state index in [-0.39, 0.29) is 29.1 Å². The Morgan fingerprint density at radius 1 is 1.26 bits per heavy atom. The fourth-order valence-corrected chi connectivity index (χ4v) is 4.78. The van der Waals surface area contributed by atoms with Gasteiger partial charge in [0.15, 0.2) is 0 Å². The molecule has 1 N–H and O–H groups in total. The van der Waals surface area contributed by atoms with E-state index in [4.69, 9.17) is 16.6 Å². The highest BCUT2D eigenvalue weighted by molar-refractivity contribution is 9.09. The van der Waals surface area contributed by atoms with Gasteiger partial charge >= 0.3 is 0 Å². The molecule has 2 unspecified atom stereocenters. The highest BCUT2D eigenvalue weighted by Crippen LogP contribution is 2.31. The van der Waals surface area contributed by atoms with Crippen LogP contribution in [0.4, 0.5) is 4.39 Å². The number of allylic oxidation sites excluding steroid dienone is 4. The van der Waals surface area contributed by atoms with E-state index in [9.17, 15) is 9.18 Å².